The van der Waals surface area contributed by atoms with E-state index in [0.29, 0.717) is 25.2 Å². The molecular weight excluding hydrogens is 329 g/mol. The highest BCUT2D eigenvalue weighted by Gasteiger charge is 2.30. The first kappa shape index (κ1) is 17.9. The van der Waals surface area contributed by atoms with Crippen molar-refractivity contribution in [1.29, 1.82) is 0 Å². The normalized spacial score (nSPS) is 18.0. The van der Waals surface area contributed by atoms with E-state index in [1.54, 1.807) is 12.3 Å². The highest BCUT2D eigenvalue weighted by Crippen LogP contribution is 2.30. The van der Waals surface area contributed by atoms with E-state index in [9.17, 15) is 13.2 Å². The number of hydrogen-bond acceptors (Lipinski definition) is 3. The van der Waals surface area contributed by atoms with Gasteiger partial charge in [0.2, 0.25) is 0 Å². The molecule has 0 amide bonds. The molecule has 1 aromatic heterocycles. The lowest BCUT2D eigenvalue weighted by Gasteiger charge is -2.25. The van der Waals surface area contributed by atoms with Gasteiger partial charge in [-0.05, 0) is 36.6 Å². The third-order valence-corrected chi connectivity index (χ3v) is 4.26. The molecule has 0 bridgehead atoms. The summed E-state index contributed by atoms with van der Waals surface area (Å²) in [6.45, 7) is 2.45. The van der Waals surface area contributed by atoms with Crippen molar-refractivity contribution in [1.82, 2.24) is 9.88 Å². The minimum Gasteiger partial charge on any atom is -0.377 e. The lowest BCUT2D eigenvalue weighted by molar-refractivity contribution is -0.137. The zero-order chi connectivity index (χ0) is 17.7. The summed E-state index contributed by atoms with van der Waals surface area (Å²) in [4.78, 5) is 6.43. The van der Waals surface area contributed by atoms with Crippen molar-refractivity contribution in [3.63, 3.8) is 0 Å². The summed E-state index contributed by atoms with van der Waals surface area (Å²) >= 11 is 0. The van der Waals surface area contributed by atoms with E-state index in [4.69, 9.17) is 4.74 Å². The number of rotatable bonds is 6. The van der Waals surface area contributed by atoms with Crippen LogP contribution in [0.25, 0.3) is 0 Å². The van der Waals surface area contributed by atoms with E-state index < -0.39 is 11.7 Å². The van der Waals surface area contributed by atoms with Crippen LogP contribution < -0.4 is 0 Å². The summed E-state index contributed by atoms with van der Waals surface area (Å²) in [5.41, 5.74) is 0.927. The molecule has 1 fully saturated rings. The second kappa shape index (κ2) is 7.97. The molecule has 2 heterocycles. The second-order valence-corrected chi connectivity index (χ2v) is 6.32. The molecule has 2 aromatic rings. The van der Waals surface area contributed by atoms with E-state index in [-0.39, 0.29) is 6.10 Å². The number of hydrogen-bond donors (Lipinski definition) is 0. The number of alkyl halides is 3. The Labute approximate surface area is 145 Å². The van der Waals surface area contributed by atoms with Crippen molar-refractivity contribution in [2.45, 2.75) is 38.2 Å². The van der Waals surface area contributed by atoms with Crippen LogP contribution in [0.1, 0.15) is 29.7 Å². The first-order valence-electron chi connectivity index (χ1n) is 8.41. The molecule has 1 aliphatic rings. The van der Waals surface area contributed by atoms with Crippen LogP contribution in [0.15, 0.2) is 48.7 Å². The molecule has 1 aromatic carbocycles. The summed E-state index contributed by atoms with van der Waals surface area (Å²) in [7, 11) is 0. The smallest absolute Gasteiger partial charge is 0.377 e. The summed E-state index contributed by atoms with van der Waals surface area (Å²) < 4.78 is 44.5. The van der Waals surface area contributed by atoms with Crippen molar-refractivity contribution in [2.24, 2.45) is 0 Å². The summed E-state index contributed by atoms with van der Waals surface area (Å²) in [6.07, 6.45) is -0.442. The van der Waals surface area contributed by atoms with E-state index >= 15 is 0 Å². The van der Waals surface area contributed by atoms with Gasteiger partial charge in [0.05, 0.1) is 17.4 Å². The predicted octanol–water partition coefficient (Wildman–Crippen LogP) is 4.28. The van der Waals surface area contributed by atoms with Gasteiger partial charge < -0.3 is 4.74 Å². The maximum absolute atomic E-state index is 12.9. The van der Waals surface area contributed by atoms with Crippen molar-refractivity contribution in [2.75, 3.05) is 13.2 Å². The molecule has 1 saturated heterocycles. The fraction of sp³-hybridized carbons (Fsp3) is 0.421. The van der Waals surface area contributed by atoms with Gasteiger partial charge in [-0.15, -0.1) is 0 Å². The van der Waals surface area contributed by atoms with Crippen molar-refractivity contribution in [3.8, 4) is 0 Å². The average molecular weight is 350 g/mol. The number of nitrogens with zero attached hydrogens (tertiary/aromatic N) is 2. The molecular formula is C19H21F3N2O. The van der Waals surface area contributed by atoms with Crippen LogP contribution >= 0.6 is 0 Å². The second-order valence-electron chi connectivity index (χ2n) is 6.32. The Bertz CT molecular complexity index is 670. The van der Waals surface area contributed by atoms with Crippen LogP contribution in [-0.4, -0.2) is 29.1 Å². The van der Waals surface area contributed by atoms with Gasteiger partial charge >= 0.3 is 6.18 Å². The molecule has 0 unspecified atom stereocenters. The molecule has 0 radical (unpaired) electrons. The van der Waals surface area contributed by atoms with Gasteiger partial charge in [-0.25, -0.2) is 0 Å². The number of aromatic nitrogens is 1. The number of halogens is 3. The topological polar surface area (TPSA) is 25.4 Å². The molecule has 3 rings (SSSR count). The number of pyridine rings is 1. The third-order valence-electron chi connectivity index (χ3n) is 4.26. The molecule has 1 aliphatic heterocycles. The van der Waals surface area contributed by atoms with Crippen LogP contribution in [0.2, 0.25) is 0 Å². The minimum absolute atomic E-state index is 0.134. The van der Waals surface area contributed by atoms with Crippen LogP contribution in [0.4, 0.5) is 13.2 Å². The molecule has 134 valence electrons. The van der Waals surface area contributed by atoms with Crippen molar-refractivity contribution >= 4 is 0 Å². The molecule has 0 spiro atoms. The zero-order valence-corrected chi connectivity index (χ0v) is 13.9. The van der Waals surface area contributed by atoms with E-state index in [0.717, 1.165) is 31.2 Å². The quantitative estimate of drug-likeness (QED) is 0.777. The van der Waals surface area contributed by atoms with Crippen molar-refractivity contribution < 1.29 is 17.9 Å². The van der Waals surface area contributed by atoms with E-state index in [1.165, 1.54) is 12.1 Å². The lowest BCUT2D eigenvalue weighted by atomic mass is 10.1. The van der Waals surface area contributed by atoms with Crippen LogP contribution in [0, 0.1) is 0 Å². The third kappa shape index (κ3) is 5.28. The van der Waals surface area contributed by atoms with Gasteiger partial charge in [-0.2, -0.15) is 13.2 Å². The predicted molar refractivity (Wildman–Crippen MR) is 88.8 cm³/mol. The number of benzene rings is 1. The molecule has 6 heteroatoms. The van der Waals surface area contributed by atoms with Gasteiger partial charge in [-0.3, -0.25) is 9.88 Å². The van der Waals surface area contributed by atoms with Gasteiger partial charge in [0, 0.05) is 32.4 Å². The molecule has 1 atom stereocenters. The Morgan fingerprint density at radius 3 is 2.68 bits per heavy atom. The van der Waals surface area contributed by atoms with Crippen molar-refractivity contribution in [3.05, 3.63) is 65.5 Å². The van der Waals surface area contributed by atoms with Gasteiger partial charge in [-0.1, -0.05) is 24.3 Å². The molecule has 0 aliphatic carbocycles. The van der Waals surface area contributed by atoms with Crippen LogP contribution in [0.3, 0.4) is 0 Å². The van der Waals surface area contributed by atoms with Gasteiger partial charge in [0.25, 0.3) is 0 Å². The maximum atomic E-state index is 12.9. The average Bonchev–Trinajstić information content (AvgIpc) is 3.08. The van der Waals surface area contributed by atoms with Gasteiger partial charge in [0.1, 0.15) is 0 Å². The Balaban J connectivity index is 1.74. The lowest BCUT2D eigenvalue weighted by Crippen LogP contribution is -2.31. The first-order chi connectivity index (χ1) is 12.0. The standard InChI is InChI=1S/C19H21F3N2O/c20-19(21,22)16-6-3-5-15(11-16)12-24(14-18-8-4-10-25-18)13-17-7-1-2-9-23-17/h1-3,5-7,9,11,18H,4,8,10,12-14H2/t18-/m0/s1. The summed E-state index contributed by atoms with van der Waals surface area (Å²) in [5.74, 6) is 0. The highest BCUT2D eigenvalue weighted by molar-refractivity contribution is 5.25. The van der Waals surface area contributed by atoms with E-state index in [2.05, 4.69) is 9.88 Å². The van der Waals surface area contributed by atoms with Gasteiger partial charge in [0.15, 0.2) is 0 Å². The summed E-state index contributed by atoms with van der Waals surface area (Å²) in [5, 5.41) is 0. The fourth-order valence-corrected chi connectivity index (χ4v) is 3.09. The molecule has 25 heavy (non-hydrogen) atoms. The van der Waals surface area contributed by atoms with E-state index in [1.807, 2.05) is 18.2 Å². The van der Waals surface area contributed by atoms with Crippen LogP contribution in [0.5, 0.6) is 0 Å². The summed E-state index contributed by atoms with van der Waals surface area (Å²) in [6, 6.07) is 11.2. The molecule has 0 saturated carbocycles. The Morgan fingerprint density at radius 2 is 2.00 bits per heavy atom. The Morgan fingerprint density at radius 1 is 1.12 bits per heavy atom. The molecule has 3 nitrogen and oxygen atoms in total. The fourth-order valence-electron chi connectivity index (χ4n) is 3.09. The molecule has 0 N–H and O–H groups in total. The zero-order valence-electron chi connectivity index (χ0n) is 13.9. The van der Waals surface area contributed by atoms with Crippen LogP contribution in [-0.2, 0) is 24.0 Å². The SMILES string of the molecule is FC(F)(F)c1cccc(CN(Cc2ccccn2)C[C@@H]2CCCO2)c1. The Kier molecular flexibility index (Phi) is 5.71. The number of ether oxygens (including phenoxy) is 1. The Hall–Kier alpha value is -1.92. The highest BCUT2D eigenvalue weighted by atomic mass is 19.4. The monoisotopic (exact) mass is 350 g/mol. The maximum Gasteiger partial charge on any atom is 0.416 e. The largest absolute Gasteiger partial charge is 0.416 e. The minimum atomic E-state index is -4.32. The first-order valence-corrected chi connectivity index (χ1v) is 8.41.